The number of carbonyl (C=O) groups excluding carboxylic acids is 3. The van der Waals surface area contributed by atoms with Crippen molar-refractivity contribution in [3.8, 4) is 0 Å². The molecule has 0 bridgehead atoms. The summed E-state index contributed by atoms with van der Waals surface area (Å²) in [5, 5.41) is 7.40. The summed E-state index contributed by atoms with van der Waals surface area (Å²) in [6.45, 7) is 8.32. The first kappa shape index (κ1) is 46.8. The van der Waals surface area contributed by atoms with E-state index in [1.807, 2.05) is 6.92 Å². The molecule has 0 aliphatic rings. The van der Waals surface area contributed by atoms with E-state index in [0.29, 0.717) is 23.7 Å². The van der Waals surface area contributed by atoms with Crippen molar-refractivity contribution in [2.75, 3.05) is 43.7 Å². The molecule has 3 heterocycles. The van der Waals surface area contributed by atoms with Crippen LogP contribution in [0, 0.1) is 10.8 Å². The predicted octanol–water partition coefficient (Wildman–Crippen LogP) is 15.5. The summed E-state index contributed by atoms with van der Waals surface area (Å²) in [5.41, 5.74) is -1.64. The molecule has 7 nitrogen and oxygen atoms in total. The molecule has 0 N–H and O–H groups in total. The molecule has 13 heteroatoms. The summed E-state index contributed by atoms with van der Waals surface area (Å²) in [6.07, 6.45) is 1.61. The van der Waals surface area contributed by atoms with Gasteiger partial charge in [0.15, 0.2) is 0 Å². The lowest BCUT2D eigenvalue weighted by atomic mass is 9.88. The topological polar surface area (TPSA) is 88.1 Å². The molecule has 0 spiro atoms. The second-order valence-electron chi connectivity index (χ2n) is 16.4. The Labute approximate surface area is 413 Å². The highest BCUT2D eigenvalue weighted by Crippen LogP contribution is 2.47. The fraction of sp³-hybridized carbons (Fsp3) is 0.204. The second kappa shape index (κ2) is 20.9. The van der Waals surface area contributed by atoms with Gasteiger partial charge >= 0.3 is 18.1 Å². The highest BCUT2D eigenvalue weighted by molar-refractivity contribution is 8.01. The van der Waals surface area contributed by atoms with E-state index in [1.54, 1.807) is 69.3 Å². The second-order valence-corrected chi connectivity index (χ2v) is 22.6. The molecule has 6 aromatic carbocycles. The SMILES string of the molecule is C=CC(=O)OCC(CC)(COC(=O)C=C)COC(=O)OCC(CSc1cccc2c1sc1ccccc12)(CSc1cccc2c1sc1ccccc12)CSc1cccc2c1sc1ccccc12. The van der Waals surface area contributed by atoms with Crippen molar-refractivity contribution in [1.29, 1.82) is 0 Å². The molecule has 340 valence electrons. The van der Waals surface area contributed by atoms with Gasteiger partial charge in [0, 0.05) is 110 Å². The van der Waals surface area contributed by atoms with E-state index in [1.165, 1.54) is 75.2 Å². The lowest BCUT2D eigenvalue weighted by Crippen LogP contribution is -2.40. The van der Waals surface area contributed by atoms with Gasteiger partial charge in [-0.05, 0) is 42.8 Å². The van der Waals surface area contributed by atoms with Crippen LogP contribution in [0.15, 0.2) is 167 Å². The van der Waals surface area contributed by atoms with Gasteiger partial charge in [0.05, 0.1) is 5.41 Å². The Kier molecular flexibility index (Phi) is 14.6. The Bertz CT molecular complexity index is 2990. The lowest BCUT2D eigenvalue weighted by molar-refractivity contribution is -0.150. The first-order valence-corrected chi connectivity index (χ1v) is 27.1. The third kappa shape index (κ3) is 10.3. The molecular formula is C54H46O7S6. The Hall–Kier alpha value is -5.28. The Morgan fingerprint density at radius 2 is 0.791 bits per heavy atom. The zero-order valence-electron chi connectivity index (χ0n) is 36.7. The van der Waals surface area contributed by atoms with Crippen LogP contribution in [0.4, 0.5) is 4.79 Å². The van der Waals surface area contributed by atoms with Gasteiger partial charge in [-0.15, -0.1) is 69.3 Å². The molecule has 0 saturated heterocycles. The zero-order chi connectivity index (χ0) is 46.4. The van der Waals surface area contributed by atoms with Crippen LogP contribution in [0.3, 0.4) is 0 Å². The Morgan fingerprint density at radius 1 is 0.463 bits per heavy atom. The average Bonchev–Trinajstić information content (AvgIpc) is 4.08. The van der Waals surface area contributed by atoms with Crippen LogP contribution < -0.4 is 0 Å². The van der Waals surface area contributed by atoms with Crippen molar-refractivity contribution in [1.82, 2.24) is 0 Å². The van der Waals surface area contributed by atoms with E-state index >= 15 is 0 Å². The maximum absolute atomic E-state index is 14.0. The highest BCUT2D eigenvalue weighted by Gasteiger charge is 2.37. The van der Waals surface area contributed by atoms with E-state index in [4.69, 9.17) is 18.9 Å². The minimum atomic E-state index is -1.04. The van der Waals surface area contributed by atoms with E-state index in [0.717, 1.165) is 12.2 Å². The van der Waals surface area contributed by atoms with Gasteiger partial charge in [-0.2, -0.15) is 0 Å². The van der Waals surface area contributed by atoms with Gasteiger partial charge in [-0.3, -0.25) is 0 Å². The lowest BCUT2D eigenvalue weighted by Gasteiger charge is -2.33. The van der Waals surface area contributed by atoms with Crippen molar-refractivity contribution < 1.29 is 33.3 Å². The van der Waals surface area contributed by atoms with E-state index in [9.17, 15) is 14.4 Å². The summed E-state index contributed by atoms with van der Waals surface area (Å²) in [6, 6.07) is 45.2. The molecule has 9 rings (SSSR count). The predicted molar refractivity (Wildman–Crippen MR) is 285 cm³/mol. The number of fused-ring (bicyclic) bond motifs is 9. The van der Waals surface area contributed by atoms with Crippen LogP contribution in [0.1, 0.15) is 13.3 Å². The molecule has 0 radical (unpaired) electrons. The maximum Gasteiger partial charge on any atom is 0.508 e. The fourth-order valence-corrected chi connectivity index (χ4v) is 16.0. The quantitative estimate of drug-likeness (QED) is 0.0318. The number of thioether (sulfide) groups is 3. The minimum Gasteiger partial charge on any atom is -0.462 e. The molecule has 3 aromatic heterocycles. The third-order valence-corrected chi connectivity index (χ3v) is 20.1. The van der Waals surface area contributed by atoms with E-state index < -0.39 is 28.9 Å². The first-order valence-electron chi connectivity index (χ1n) is 21.7. The molecule has 67 heavy (non-hydrogen) atoms. The number of esters is 2. The van der Waals surface area contributed by atoms with Crippen LogP contribution in [0.5, 0.6) is 0 Å². The smallest absolute Gasteiger partial charge is 0.462 e. The number of hydrogen-bond acceptors (Lipinski definition) is 13. The Morgan fingerprint density at radius 3 is 1.15 bits per heavy atom. The number of ether oxygens (including phenoxy) is 4. The highest BCUT2D eigenvalue weighted by atomic mass is 32.2. The summed E-state index contributed by atoms with van der Waals surface area (Å²) >= 11 is 10.8. The van der Waals surface area contributed by atoms with Crippen LogP contribution in [-0.2, 0) is 28.5 Å². The van der Waals surface area contributed by atoms with Crippen LogP contribution in [0.25, 0.3) is 60.5 Å². The average molecular weight is 999 g/mol. The van der Waals surface area contributed by atoms with E-state index in [-0.39, 0.29) is 26.4 Å². The van der Waals surface area contributed by atoms with Gasteiger partial charge < -0.3 is 18.9 Å². The number of benzene rings is 6. The van der Waals surface area contributed by atoms with Crippen molar-refractivity contribution >= 4 is 148 Å². The van der Waals surface area contributed by atoms with Gasteiger partial charge in [0.1, 0.15) is 26.4 Å². The fourth-order valence-electron chi connectivity index (χ4n) is 7.91. The first-order chi connectivity index (χ1) is 32.7. The number of rotatable bonds is 20. The summed E-state index contributed by atoms with van der Waals surface area (Å²) in [5.74, 6) is 0.610. The monoisotopic (exact) mass is 998 g/mol. The number of hydrogen-bond donors (Lipinski definition) is 0. The Balaban J connectivity index is 1.07. The van der Waals surface area contributed by atoms with Crippen molar-refractivity contribution in [3.05, 3.63) is 153 Å². The normalized spacial score (nSPS) is 12.0. The van der Waals surface area contributed by atoms with Crippen molar-refractivity contribution in [2.45, 2.75) is 28.0 Å². The molecule has 0 amide bonds. The summed E-state index contributed by atoms with van der Waals surface area (Å²) < 4.78 is 30.4. The molecule has 0 fully saturated rings. The molecule has 0 unspecified atom stereocenters. The molecule has 0 atom stereocenters. The van der Waals surface area contributed by atoms with Crippen molar-refractivity contribution in [2.24, 2.45) is 10.8 Å². The van der Waals surface area contributed by atoms with Gasteiger partial charge in [0.25, 0.3) is 0 Å². The van der Waals surface area contributed by atoms with Gasteiger partial charge in [-0.25, -0.2) is 14.4 Å². The summed E-state index contributed by atoms with van der Waals surface area (Å²) in [7, 11) is 0. The van der Waals surface area contributed by atoms with E-state index in [2.05, 4.69) is 141 Å². The largest absolute Gasteiger partial charge is 0.508 e. The van der Waals surface area contributed by atoms with Gasteiger partial charge in [-0.1, -0.05) is 111 Å². The zero-order valence-corrected chi connectivity index (χ0v) is 41.6. The summed E-state index contributed by atoms with van der Waals surface area (Å²) in [4.78, 5) is 41.8. The standard InChI is InChI=1S/C54H46O7S6/c1-4-47(55)58-28-53(6-3,29-59-48(56)5-2)30-60-52(57)61-31-54(32-62-44-25-13-19-38-35-16-7-10-22-41(35)65-49(38)44,33-63-45-26-14-20-39-36-17-8-11-23-42(36)66-50(39)45)34-64-46-27-15-21-40-37-18-9-12-24-43(37)67-51(40)46/h4-5,7-27H,1-2,6,28-34H2,3H3. The van der Waals surface area contributed by atoms with Crippen LogP contribution in [0.2, 0.25) is 0 Å². The molecular weight excluding hydrogens is 953 g/mol. The molecule has 9 aromatic rings. The number of carbonyl (C=O) groups is 3. The molecule has 0 aliphatic heterocycles. The molecule has 0 aliphatic carbocycles. The van der Waals surface area contributed by atoms with Crippen LogP contribution in [-0.4, -0.2) is 61.8 Å². The van der Waals surface area contributed by atoms with Crippen molar-refractivity contribution in [3.63, 3.8) is 0 Å². The van der Waals surface area contributed by atoms with Gasteiger partial charge in [0.2, 0.25) is 0 Å². The minimum absolute atomic E-state index is 0.0576. The maximum atomic E-state index is 14.0. The molecule has 0 saturated carbocycles. The van der Waals surface area contributed by atoms with Crippen LogP contribution >= 0.6 is 69.3 Å². The third-order valence-electron chi connectivity index (χ3n) is 11.8. The number of thiophene rings is 3.